The zero-order chi connectivity index (χ0) is 28.1. The highest BCUT2D eigenvalue weighted by atomic mass is 19.1. The molecule has 3 aromatic rings. The van der Waals surface area contributed by atoms with Crippen LogP contribution in [-0.2, 0) is 29.1 Å². The Morgan fingerprint density at radius 2 is 2.07 bits per heavy atom. The molecule has 1 N–H and O–H groups in total. The van der Waals surface area contributed by atoms with Gasteiger partial charge in [-0.05, 0) is 55.4 Å². The molecular formula is C31H30FN5O4. The predicted octanol–water partition coefficient (Wildman–Crippen LogP) is 4.45. The number of carboxylic acids is 1. The average molecular weight is 556 g/mol. The Morgan fingerprint density at radius 1 is 1.24 bits per heavy atom. The summed E-state index contributed by atoms with van der Waals surface area (Å²) in [4.78, 5) is 23.5. The lowest BCUT2D eigenvalue weighted by Gasteiger charge is -2.34. The van der Waals surface area contributed by atoms with E-state index in [0.29, 0.717) is 29.4 Å². The second-order valence-electron chi connectivity index (χ2n) is 11.5. The Labute approximate surface area is 236 Å². The summed E-state index contributed by atoms with van der Waals surface area (Å²) in [6.45, 7) is 3.29. The van der Waals surface area contributed by atoms with Gasteiger partial charge in [0.25, 0.3) is 0 Å². The lowest BCUT2D eigenvalue weighted by Crippen LogP contribution is -2.36. The number of pyridine rings is 1. The van der Waals surface area contributed by atoms with Crippen molar-refractivity contribution < 1.29 is 23.8 Å². The van der Waals surface area contributed by atoms with Crippen LogP contribution in [0.15, 0.2) is 42.0 Å². The number of hydrogen-bond acceptors (Lipinski definition) is 7. The van der Waals surface area contributed by atoms with Crippen molar-refractivity contribution in [2.75, 3.05) is 24.6 Å². The second kappa shape index (κ2) is 10.00. The van der Waals surface area contributed by atoms with Gasteiger partial charge >= 0.3 is 5.97 Å². The molecule has 2 atom stereocenters. The van der Waals surface area contributed by atoms with Gasteiger partial charge in [-0.25, -0.2) is 14.2 Å². The molecule has 41 heavy (non-hydrogen) atoms. The van der Waals surface area contributed by atoms with Crippen molar-refractivity contribution in [3.05, 3.63) is 76.1 Å². The number of benzene rings is 1. The van der Waals surface area contributed by atoms with E-state index in [0.717, 1.165) is 75.0 Å². The maximum Gasteiger partial charge on any atom is 0.332 e. The molecule has 3 fully saturated rings. The number of anilines is 1. The second-order valence-corrected chi connectivity index (χ2v) is 11.5. The fourth-order valence-electron chi connectivity index (χ4n) is 6.45. The Balaban J connectivity index is 1.01. The molecule has 9 nitrogen and oxygen atoms in total. The number of aromatic nitrogens is 3. The lowest BCUT2D eigenvalue weighted by molar-refractivity contribution is -0.132. The smallest absolute Gasteiger partial charge is 0.332 e. The molecule has 4 heterocycles. The molecule has 10 heteroatoms. The lowest BCUT2D eigenvalue weighted by atomic mass is 9.90. The van der Waals surface area contributed by atoms with Crippen molar-refractivity contribution in [2.24, 2.45) is 5.41 Å². The van der Waals surface area contributed by atoms with Crippen molar-refractivity contribution >= 4 is 17.9 Å². The Kier molecular flexibility index (Phi) is 6.27. The van der Waals surface area contributed by atoms with E-state index in [-0.39, 0.29) is 23.7 Å². The first-order valence-corrected chi connectivity index (χ1v) is 14.1. The number of imidazole rings is 1. The first-order chi connectivity index (χ1) is 19.9. The summed E-state index contributed by atoms with van der Waals surface area (Å²) in [7, 11) is 0. The quantitative estimate of drug-likeness (QED) is 0.434. The van der Waals surface area contributed by atoms with Crippen LogP contribution in [0.5, 0.6) is 5.88 Å². The van der Waals surface area contributed by atoms with Crippen molar-refractivity contribution in [3.63, 3.8) is 0 Å². The molecule has 1 saturated carbocycles. The van der Waals surface area contributed by atoms with Gasteiger partial charge in [0.2, 0.25) is 5.88 Å². The van der Waals surface area contributed by atoms with E-state index in [1.807, 2.05) is 18.2 Å². The number of fused-ring (bicyclic) bond motifs is 1. The standard InChI is InChI=1S/C31H30FN5O4/c32-24-12-19(16-33)4-5-20(24)18-41-28-3-1-2-27(35-28)36-9-7-31(8-10-36)15-23(31)29-34-25-13-21(30(38)39)14-26(25)37(29)17-22-6-11-40-22/h1-5,12-13,22-23H,6-11,14-15,17-18H2,(H,38,39). The van der Waals surface area contributed by atoms with E-state index in [1.165, 1.54) is 6.07 Å². The van der Waals surface area contributed by atoms with Gasteiger partial charge in [0.15, 0.2) is 0 Å². The minimum absolute atomic E-state index is 0.0322. The van der Waals surface area contributed by atoms with E-state index < -0.39 is 11.8 Å². The summed E-state index contributed by atoms with van der Waals surface area (Å²) >= 11 is 0. The molecule has 2 saturated heterocycles. The van der Waals surface area contributed by atoms with Gasteiger partial charge in [0, 0.05) is 54.9 Å². The number of ether oxygens (including phenoxy) is 2. The van der Waals surface area contributed by atoms with Crippen molar-refractivity contribution in [1.82, 2.24) is 14.5 Å². The fourth-order valence-corrected chi connectivity index (χ4v) is 6.45. The topological polar surface area (TPSA) is 114 Å². The highest BCUT2D eigenvalue weighted by molar-refractivity contribution is 5.94. The van der Waals surface area contributed by atoms with E-state index in [9.17, 15) is 14.3 Å². The number of nitrogens with zero attached hydrogens (tertiary/aromatic N) is 5. The number of hydrogen-bond donors (Lipinski definition) is 1. The molecule has 2 aliphatic carbocycles. The van der Waals surface area contributed by atoms with Crippen LogP contribution >= 0.6 is 0 Å². The average Bonchev–Trinajstić information content (AvgIpc) is 3.30. The van der Waals surface area contributed by atoms with Gasteiger partial charge in [-0.3, -0.25) is 0 Å². The highest BCUT2D eigenvalue weighted by Gasteiger charge is 2.58. The number of piperidine rings is 1. The summed E-state index contributed by atoms with van der Waals surface area (Å²) in [6.07, 6.45) is 6.47. The monoisotopic (exact) mass is 555 g/mol. The Morgan fingerprint density at radius 3 is 2.78 bits per heavy atom. The summed E-state index contributed by atoms with van der Waals surface area (Å²) in [5, 5.41) is 18.4. The third-order valence-corrected chi connectivity index (χ3v) is 9.11. The molecule has 2 aromatic heterocycles. The molecule has 210 valence electrons. The third kappa shape index (κ3) is 4.74. The van der Waals surface area contributed by atoms with Gasteiger partial charge < -0.3 is 24.0 Å². The molecule has 4 aliphatic rings. The number of aliphatic carboxylic acids is 1. The number of carbonyl (C=O) groups is 1. The zero-order valence-electron chi connectivity index (χ0n) is 22.6. The van der Waals surface area contributed by atoms with E-state index in [1.54, 1.807) is 24.3 Å². The van der Waals surface area contributed by atoms with Crippen LogP contribution in [0, 0.1) is 22.6 Å². The predicted molar refractivity (Wildman–Crippen MR) is 147 cm³/mol. The van der Waals surface area contributed by atoms with Crippen molar-refractivity contribution in [1.29, 1.82) is 5.26 Å². The van der Waals surface area contributed by atoms with Gasteiger partial charge in [0.1, 0.15) is 24.1 Å². The summed E-state index contributed by atoms with van der Waals surface area (Å²) in [5.74, 6) is 1.37. The van der Waals surface area contributed by atoms with E-state index in [2.05, 4.69) is 14.5 Å². The van der Waals surface area contributed by atoms with E-state index in [4.69, 9.17) is 19.7 Å². The van der Waals surface area contributed by atoms with Crippen molar-refractivity contribution in [2.45, 2.75) is 57.3 Å². The maximum atomic E-state index is 14.2. The van der Waals surface area contributed by atoms with E-state index >= 15 is 0 Å². The molecule has 1 aromatic carbocycles. The van der Waals surface area contributed by atoms with Gasteiger partial charge in [-0.15, -0.1) is 0 Å². The number of carboxylic acid groups (broad SMARTS) is 1. The van der Waals surface area contributed by atoms with Crippen LogP contribution in [0.25, 0.3) is 6.08 Å². The number of halogens is 1. The van der Waals surface area contributed by atoms with Gasteiger partial charge in [0.05, 0.1) is 30.0 Å². The molecule has 2 aliphatic heterocycles. The van der Waals surface area contributed by atoms with Crippen LogP contribution in [0.2, 0.25) is 0 Å². The zero-order valence-corrected chi connectivity index (χ0v) is 22.6. The Bertz CT molecular complexity index is 1600. The van der Waals surface area contributed by atoms with Crippen molar-refractivity contribution in [3.8, 4) is 11.9 Å². The first kappa shape index (κ1) is 25.7. The molecule has 0 bridgehead atoms. The van der Waals surface area contributed by atoms with Crippen LogP contribution in [-0.4, -0.2) is 51.4 Å². The minimum atomic E-state index is -0.879. The van der Waals surface area contributed by atoms with Crippen LogP contribution in [0.4, 0.5) is 10.2 Å². The molecule has 7 rings (SSSR count). The SMILES string of the molecule is N#Cc1ccc(COc2cccc(N3CCC4(CC3)CC4c3nc4c(n3CC3CCO3)CC(C(=O)O)=C4)n2)c(F)c1. The highest BCUT2D eigenvalue weighted by Crippen LogP contribution is 2.65. The normalized spacial score (nSPS) is 22.0. The minimum Gasteiger partial charge on any atom is -0.478 e. The maximum absolute atomic E-state index is 14.2. The van der Waals surface area contributed by atoms with Crippen LogP contribution in [0.1, 0.15) is 59.9 Å². The number of nitriles is 1. The third-order valence-electron chi connectivity index (χ3n) is 9.11. The van der Waals surface area contributed by atoms with Gasteiger partial charge in [-0.1, -0.05) is 12.1 Å². The summed E-state index contributed by atoms with van der Waals surface area (Å²) in [5.41, 5.74) is 3.06. The molecule has 0 radical (unpaired) electrons. The molecular weight excluding hydrogens is 525 g/mol. The van der Waals surface area contributed by atoms with Crippen LogP contribution in [0.3, 0.4) is 0 Å². The summed E-state index contributed by atoms with van der Waals surface area (Å²) < 4.78 is 28.0. The summed E-state index contributed by atoms with van der Waals surface area (Å²) in [6, 6.07) is 11.9. The fraction of sp³-hybridized carbons (Fsp3) is 0.419. The molecule has 2 unspecified atom stereocenters. The molecule has 0 amide bonds. The van der Waals surface area contributed by atoms with Crippen LogP contribution < -0.4 is 9.64 Å². The first-order valence-electron chi connectivity index (χ1n) is 14.1. The largest absolute Gasteiger partial charge is 0.478 e. The Hall–Kier alpha value is -4.23. The van der Waals surface area contributed by atoms with Gasteiger partial charge in [-0.2, -0.15) is 10.2 Å². The molecule has 1 spiro atoms. The number of rotatable bonds is 8.